The zero-order valence-electron chi connectivity index (χ0n) is 33.3. The van der Waals surface area contributed by atoms with Gasteiger partial charge in [0.15, 0.2) is 0 Å². The molecule has 2 unspecified atom stereocenters. The molecule has 298 valence electrons. The molecule has 1 aliphatic rings. The molecule has 1 fully saturated rings. The van der Waals surface area contributed by atoms with Crippen LogP contribution in [-0.4, -0.2) is 71.9 Å². The van der Waals surface area contributed by atoms with E-state index >= 15 is 0 Å². The van der Waals surface area contributed by atoms with Crippen molar-refractivity contribution in [3.05, 3.63) is 118 Å². The Kier molecular flexibility index (Phi) is 14.8. The smallest absolute Gasteiger partial charge is 0.351 e. The second kappa shape index (κ2) is 19.5. The van der Waals surface area contributed by atoms with Gasteiger partial charge in [0.25, 0.3) is 8.53 Å². The summed E-state index contributed by atoms with van der Waals surface area (Å²) in [4.78, 5) is 29.5. The first-order valence-corrected chi connectivity index (χ1v) is 19.8. The molecule has 0 bridgehead atoms. The molecule has 0 radical (unpaired) electrons. The molecule has 14 heteroatoms. The van der Waals surface area contributed by atoms with Gasteiger partial charge in [-0.2, -0.15) is 10.2 Å². The second-order valence-electron chi connectivity index (χ2n) is 14.0. The van der Waals surface area contributed by atoms with Gasteiger partial charge in [-0.15, -0.1) is 0 Å². The van der Waals surface area contributed by atoms with Gasteiger partial charge in [0.1, 0.15) is 35.2 Å². The highest BCUT2D eigenvalue weighted by molar-refractivity contribution is 7.44. The van der Waals surface area contributed by atoms with Crippen molar-refractivity contribution >= 4 is 20.3 Å². The minimum absolute atomic E-state index is 0.0317. The van der Waals surface area contributed by atoms with Gasteiger partial charge in [-0.25, -0.2) is 9.46 Å². The molecule has 2 heterocycles. The number of hydrogen-bond donors (Lipinski definition) is 1. The zero-order chi connectivity index (χ0) is 40.4. The van der Waals surface area contributed by atoms with Crippen molar-refractivity contribution in [2.24, 2.45) is 0 Å². The Balaban J connectivity index is 1.61. The first kappa shape index (κ1) is 42.5. The molecule has 5 rings (SSSR count). The largest absolute Gasteiger partial charge is 0.497 e. The van der Waals surface area contributed by atoms with Crippen LogP contribution in [0.2, 0.25) is 0 Å². The van der Waals surface area contributed by atoms with E-state index in [2.05, 4.69) is 48.7 Å². The Morgan fingerprint density at radius 3 is 2.07 bits per heavy atom. The lowest BCUT2D eigenvalue weighted by molar-refractivity contribution is -0.114. The minimum atomic E-state index is -1.68. The number of benzene rings is 3. The van der Waals surface area contributed by atoms with E-state index in [-0.39, 0.29) is 49.9 Å². The maximum Gasteiger partial charge on any atom is 0.351 e. The van der Waals surface area contributed by atoms with E-state index in [4.69, 9.17) is 28.0 Å². The molecule has 0 aliphatic carbocycles. The number of anilines is 1. The third-order valence-electron chi connectivity index (χ3n) is 9.45. The van der Waals surface area contributed by atoms with Gasteiger partial charge in [0, 0.05) is 37.2 Å². The van der Waals surface area contributed by atoms with Gasteiger partial charge >= 0.3 is 5.69 Å². The summed E-state index contributed by atoms with van der Waals surface area (Å²) in [5, 5.41) is 12.0. The van der Waals surface area contributed by atoms with E-state index < -0.39 is 38.3 Å². The molecular formula is C42H52N5O8P. The predicted molar refractivity (Wildman–Crippen MR) is 214 cm³/mol. The summed E-state index contributed by atoms with van der Waals surface area (Å²) in [7, 11) is 1.57. The van der Waals surface area contributed by atoms with Crippen LogP contribution < -0.4 is 20.5 Å². The summed E-state index contributed by atoms with van der Waals surface area (Å²) in [5.74, 6) is 1.25. The van der Waals surface area contributed by atoms with Crippen LogP contribution in [0.4, 0.5) is 5.82 Å². The van der Waals surface area contributed by atoms with E-state index in [0.29, 0.717) is 17.1 Å². The SMILES string of the molecule is COc1ccc(C(OC[C@H]2O[C@@H](n3cc(C)c(NC(C)=O)nc3=O)CC2OP(OCCC#N)N(C(C)C)C(C)C)(c2ccccc2)c2ccc(OC)cc2)cc1. The van der Waals surface area contributed by atoms with Gasteiger partial charge in [-0.3, -0.25) is 9.36 Å². The number of rotatable bonds is 18. The minimum Gasteiger partial charge on any atom is -0.497 e. The van der Waals surface area contributed by atoms with Crippen molar-refractivity contribution in [1.29, 1.82) is 5.26 Å². The molecule has 1 saturated heterocycles. The molecule has 1 aromatic heterocycles. The molecule has 4 atom stereocenters. The van der Waals surface area contributed by atoms with Crippen LogP contribution in [0, 0.1) is 18.3 Å². The van der Waals surface area contributed by atoms with Gasteiger partial charge in [-0.1, -0.05) is 54.6 Å². The standard InChI is InChI=1S/C42H52N5O8P/c1-28(2)47(29(3)4)56(53-24-12-23-43)55-37-25-39(46-26-30(5)40(44-31(6)48)45-41(46)49)54-38(37)27-52-42(32-13-10-9-11-14-32,33-15-19-35(50-7)20-16-33)34-17-21-36(51-8)22-18-34/h9-11,13-22,26,28-29,37-39H,12,24-25,27H2,1-8H3,(H,44,45,48,49)/t37?,38-,39-,56?/m1/s1. The van der Waals surface area contributed by atoms with E-state index in [0.717, 1.165) is 16.7 Å². The highest BCUT2D eigenvalue weighted by Crippen LogP contribution is 2.50. The fraction of sp³-hybridized carbons (Fsp3) is 0.429. The summed E-state index contributed by atoms with van der Waals surface area (Å²) in [5.41, 5.74) is 1.43. The Bertz CT molecular complexity index is 1930. The first-order valence-electron chi connectivity index (χ1n) is 18.7. The molecule has 0 saturated carbocycles. The number of nitriles is 1. The van der Waals surface area contributed by atoms with Crippen molar-refractivity contribution in [3.8, 4) is 17.6 Å². The molecule has 3 aromatic carbocycles. The zero-order valence-corrected chi connectivity index (χ0v) is 34.2. The molecule has 13 nitrogen and oxygen atoms in total. The molecule has 0 spiro atoms. The quantitative estimate of drug-likeness (QED) is 0.0609. The predicted octanol–water partition coefficient (Wildman–Crippen LogP) is 7.48. The molecule has 1 N–H and O–H groups in total. The van der Waals surface area contributed by atoms with Crippen molar-refractivity contribution in [1.82, 2.24) is 14.2 Å². The number of aromatic nitrogens is 2. The van der Waals surface area contributed by atoms with Crippen molar-refractivity contribution in [2.75, 3.05) is 32.8 Å². The maximum absolute atomic E-state index is 13.5. The van der Waals surface area contributed by atoms with E-state index in [1.165, 1.54) is 11.5 Å². The number of nitrogens with zero attached hydrogens (tertiary/aromatic N) is 4. The average Bonchev–Trinajstić information content (AvgIpc) is 3.58. The number of ether oxygens (including phenoxy) is 4. The number of hydrogen-bond acceptors (Lipinski definition) is 11. The van der Waals surface area contributed by atoms with E-state index in [9.17, 15) is 14.9 Å². The van der Waals surface area contributed by atoms with Crippen molar-refractivity contribution < 1.29 is 32.8 Å². The molecule has 4 aromatic rings. The normalized spacial score (nSPS) is 17.6. The van der Waals surface area contributed by atoms with Crippen LogP contribution in [0.1, 0.15) is 75.9 Å². The van der Waals surface area contributed by atoms with Gasteiger partial charge in [0.2, 0.25) is 5.91 Å². The van der Waals surface area contributed by atoms with Crippen LogP contribution in [0.15, 0.2) is 89.9 Å². The Morgan fingerprint density at radius 2 is 1.55 bits per heavy atom. The van der Waals surface area contributed by atoms with Gasteiger partial charge < -0.3 is 33.3 Å². The third kappa shape index (κ3) is 9.82. The lowest BCUT2D eigenvalue weighted by atomic mass is 9.80. The number of methoxy groups -OCH3 is 2. The number of nitrogens with one attached hydrogen (secondary N) is 1. The Labute approximate surface area is 330 Å². The fourth-order valence-corrected chi connectivity index (χ4v) is 8.65. The van der Waals surface area contributed by atoms with Crippen LogP contribution >= 0.6 is 8.53 Å². The molecular weight excluding hydrogens is 733 g/mol. The molecule has 1 aliphatic heterocycles. The third-order valence-corrected chi connectivity index (χ3v) is 11.6. The fourth-order valence-electron chi connectivity index (χ4n) is 6.89. The van der Waals surface area contributed by atoms with E-state index in [1.807, 2.05) is 78.9 Å². The summed E-state index contributed by atoms with van der Waals surface area (Å²) in [6.45, 7) is 11.6. The topological polar surface area (TPSA) is 146 Å². The van der Waals surface area contributed by atoms with Crippen LogP contribution in [0.25, 0.3) is 0 Å². The lowest BCUT2D eigenvalue weighted by Gasteiger charge is -2.39. The Hall–Kier alpha value is -4.67. The summed E-state index contributed by atoms with van der Waals surface area (Å²) >= 11 is 0. The van der Waals surface area contributed by atoms with Crippen molar-refractivity contribution in [3.63, 3.8) is 0 Å². The van der Waals surface area contributed by atoms with Crippen LogP contribution in [0.3, 0.4) is 0 Å². The number of aryl methyl sites for hydroxylation is 1. The highest BCUT2D eigenvalue weighted by atomic mass is 31.2. The highest BCUT2D eigenvalue weighted by Gasteiger charge is 2.45. The van der Waals surface area contributed by atoms with Crippen molar-refractivity contribution in [2.45, 2.75) is 90.5 Å². The maximum atomic E-state index is 13.5. The summed E-state index contributed by atoms with van der Waals surface area (Å²) in [6, 6.07) is 27.8. The monoisotopic (exact) mass is 785 g/mol. The molecule has 56 heavy (non-hydrogen) atoms. The molecule has 1 amide bonds. The Morgan fingerprint density at radius 1 is 0.982 bits per heavy atom. The summed E-state index contributed by atoms with van der Waals surface area (Å²) in [6.07, 6.45) is 0.00222. The van der Waals surface area contributed by atoms with Crippen LogP contribution in [-0.2, 0) is 28.9 Å². The average molecular weight is 786 g/mol. The number of carbonyl (C=O) groups excluding carboxylic acids is 1. The number of carbonyl (C=O) groups is 1. The summed E-state index contributed by atoms with van der Waals surface area (Å²) < 4.78 is 41.9. The lowest BCUT2D eigenvalue weighted by Crippen LogP contribution is -2.39. The van der Waals surface area contributed by atoms with Gasteiger partial charge in [0.05, 0.1) is 46.0 Å². The number of amides is 1. The second-order valence-corrected chi connectivity index (χ2v) is 15.4. The van der Waals surface area contributed by atoms with E-state index in [1.54, 1.807) is 27.3 Å². The first-order chi connectivity index (χ1) is 26.9. The van der Waals surface area contributed by atoms with Gasteiger partial charge in [-0.05, 0) is 75.6 Å². The van der Waals surface area contributed by atoms with Crippen LogP contribution in [0.5, 0.6) is 11.5 Å².